The Balaban J connectivity index is 3.83. The van der Waals surface area contributed by atoms with Crippen molar-refractivity contribution >= 4 is 5.91 Å². The smallest absolute Gasteiger partial charge is 0.245 e. The van der Waals surface area contributed by atoms with Crippen LogP contribution in [0.25, 0.3) is 0 Å². The van der Waals surface area contributed by atoms with Gasteiger partial charge in [-0.05, 0) is 12.0 Å². The zero-order valence-corrected chi connectivity index (χ0v) is 7.24. The fourth-order valence-electron chi connectivity index (χ4n) is 0.457. The van der Waals surface area contributed by atoms with Gasteiger partial charge in [0.25, 0.3) is 0 Å². The lowest BCUT2D eigenvalue weighted by molar-refractivity contribution is -0.123. The van der Waals surface area contributed by atoms with E-state index < -0.39 is 0 Å². The topological polar surface area (TPSA) is 40.5 Å². The fourth-order valence-corrected chi connectivity index (χ4v) is 0.457. The number of aliphatic hydroxyl groups excluding tert-OH is 1. The van der Waals surface area contributed by atoms with Crippen molar-refractivity contribution in [3.8, 4) is 0 Å². The van der Waals surface area contributed by atoms with E-state index in [9.17, 15) is 4.79 Å². The maximum atomic E-state index is 10.9. The summed E-state index contributed by atoms with van der Waals surface area (Å²) in [4.78, 5) is 12.4. The first-order valence-electron chi connectivity index (χ1n) is 3.58. The molecule has 0 rings (SSSR count). The van der Waals surface area contributed by atoms with Gasteiger partial charge in [-0.2, -0.15) is 0 Å². The molecule has 0 aliphatic rings. The third-order valence-corrected chi connectivity index (χ3v) is 1.30. The molecule has 1 unspecified atom stereocenters. The SMILES string of the molecule is CC(/C=C/C(=O)N(C)C)CO. The third-order valence-electron chi connectivity index (χ3n) is 1.30. The summed E-state index contributed by atoms with van der Waals surface area (Å²) in [6.45, 7) is 1.93. The molecule has 1 amide bonds. The summed E-state index contributed by atoms with van der Waals surface area (Å²) in [5.74, 6) is 0.00389. The van der Waals surface area contributed by atoms with Crippen LogP contribution in [0, 0.1) is 5.92 Å². The molecule has 0 aliphatic heterocycles. The normalized spacial score (nSPS) is 13.5. The van der Waals surface area contributed by atoms with Crippen LogP contribution in [0.5, 0.6) is 0 Å². The highest BCUT2D eigenvalue weighted by atomic mass is 16.3. The Labute approximate surface area is 67.3 Å². The lowest BCUT2D eigenvalue weighted by Gasteiger charge is -2.06. The van der Waals surface area contributed by atoms with E-state index in [2.05, 4.69) is 0 Å². The molecule has 0 fully saturated rings. The number of carbonyl (C=O) groups is 1. The highest BCUT2D eigenvalue weighted by molar-refractivity contribution is 5.87. The van der Waals surface area contributed by atoms with Crippen molar-refractivity contribution in [1.82, 2.24) is 4.90 Å². The second-order valence-corrected chi connectivity index (χ2v) is 2.75. The van der Waals surface area contributed by atoms with Crippen molar-refractivity contribution in [1.29, 1.82) is 0 Å². The summed E-state index contributed by atoms with van der Waals surface area (Å²) in [5, 5.41) is 8.61. The van der Waals surface area contributed by atoms with Crippen LogP contribution in [0.15, 0.2) is 12.2 Å². The van der Waals surface area contributed by atoms with Gasteiger partial charge >= 0.3 is 0 Å². The zero-order chi connectivity index (χ0) is 8.85. The van der Waals surface area contributed by atoms with Crippen molar-refractivity contribution < 1.29 is 9.90 Å². The molecule has 0 heterocycles. The summed E-state index contributed by atoms with van der Waals surface area (Å²) in [7, 11) is 3.38. The maximum Gasteiger partial charge on any atom is 0.245 e. The van der Waals surface area contributed by atoms with Crippen LogP contribution >= 0.6 is 0 Å². The van der Waals surface area contributed by atoms with Gasteiger partial charge in [-0.25, -0.2) is 0 Å². The lowest BCUT2D eigenvalue weighted by Crippen LogP contribution is -2.19. The molecule has 11 heavy (non-hydrogen) atoms. The van der Waals surface area contributed by atoms with Crippen LogP contribution in [0.1, 0.15) is 6.92 Å². The molecule has 0 aliphatic carbocycles. The van der Waals surface area contributed by atoms with E-state index in [1.54, 1.807) is 20.2 Å². The number of amides is 1. The Hall–Kier alpha value is -0.830. The van der Waals surface area contributed by atoms with E-state index >= 15 is 0 Å². The Morgan fingerprint density at radius 2 is 2.18 bits per heavy atom. The van der Waals surface area contributed by atoms with Gasteiger partial charge in [0.05, 0.1) is 0 Å². The van der Waals surface area contributed by atoms with Gasteiger partial charge in [0.1, 0.15) is 0 Å². The van der Waals surface area contributed by atoms with Crippen LogP contribution in [-0.4, -0.2) is 36.6 Å². The second kappa shape index (κ2) is 4.91. The van der Waals surface area contributed by atoms with E-state index in [-0.39, 0.29) is 18.4 Å². The van der Waals surface area contributed by atoms with Gasteiger partial charge in [-0.1, -0.05) is 13.0 Å². The van der Waals surface area contributed by atoms with Crippen molar-refractivity contribution in [2.75, 3.05) is 20.7 Å². The molecule has 0 bridgehead atoms. The summed E-state index contributed by atoms with van der Waals surface area (Å²) in [6.07, 6.45) is 3.17. The van der Waals surface area contributed by atoms with Gasteiger partial charge in [-0.3, -0.25) is 4.79 Å². The number of aliphatic hydroxyl groups is 1. The Morgan fingerprint density at radius 3 is 2.55 bits per heavy atom. The minimum absolute atomic E-state index is 0.0506. The molecule has 0 saturated carbocycles. The number of carbonyl (C=O) groups excluding carboxylic acids is 1. The Bertz CT molecular complexity index is 152. The molecule has 64 valence electrons. The van der Waals surface area contributed by atoms with Crippen molar-refractivity contribution in [2.45, 2.75) is 6.92 Å². The van der Waals surface area contributed by atoms with Crippen molar-refractivity contribution in [3.05, 3.63) is 12.2 Å². The molecular formula is C8H15NO2. The first-order valence-corrected chi connectivity index (χ1v) is 3.58. The van der Waals surface area contributed by atoms with E-state index in [0.717, 1.165) is 0 Å². The number of likely N-dealkylation sites (N-methyl/N-ethyl adjacent to an activating group) is 1. The number of rotatable bonds is 3. The number of hydrogen-bond acceptors (Lipinski definition) is 2. The van der Waals surface area contributed by atoms with Crippen LogP contribution in [0.4, 0.5) is 0 Å². The lowest BCUT2D eigenvalue weighted by atomic mass is 10.2. The summed E-state index contributed by atoms with van der Waals surface area (Å²) >= 11 is 0. The molecule has 1 atom stereocenters. The molecule has 3 nitrogen and oxygen atoms in total. The van der Waals surface area contributed by atoms with E-state index in [0.29, 0.717) is 0 Å². The van der Waals surface area contributed by atoms with Gasteiger partial charge in [0, 0.05) is 20.7 Å². The molecule has 0 radical (unpaired) electrons. The molecule has 3 heteroatoms. The van der Waals surface area contributed by atoms with Crippen LogP contribution in [0.2, 0.25) is 0 Å². The third kappa shape index (κ3) is 4.56. The monoisotopic (exact) mass is 157 g/mol. The maximum absolute atomic E-state index is 10.9. The first kappa shape index (κ1) is 10.2. The molecular weight excluding hydrogens is 142 g/mol. The average molecular weight is 157 g/mol. The summed E-state index contributed by atoms with van der Waals surface area (Å²) in [5.41, 5.74) is 0. The first-order chi connectivity index (χ1) is 5.07. The van der Waals surface area contributed by atoms with Gasteiger partial charge in [-0.15, -0.1) is 0 Å². The van der Waals surface area contributed by atoms with Crippen LogP contribution in [0.3, 0.4) is 0 Å². The summed E-state index contributed by atoms with van der Waals surface area (Å²) < 4.78 is 0. The highest BCUT2D eigenvalue weighted by Gasteiger charge is 1.98. The highest BCUT2D eigenvalue weighted by Crippen LogP contribution is 1.94. The summed E-state index contributed by atoms with van der Waals surface area (Å²) in [6, 6.07) is 0. The molecule has 0 aromatic carbocycles. The molecule has 0 spiro atoms. The molecule has 0 aromatic heterocycles. The largest absolute Gasteiger partial charge is 0.396 e. The van der Waals surface area contributed by atoms with Crippen LogP contribution < -0.4 is 0 Å². The van der Waals surface area contributed by atoms with Gasteiger partial charge in [0.2, 0.25) is 5.91 Å². The Kier molecular flexibility index (Phi) is 4.54. The fraction of sp³-hybridized carbons (Fsp3) is 0.625. The predicted molar refractivity (Wildman–Crippen MR) is 44.1 cm³/mol. The van der Waals surface area contributed by atoms with Crippen molar-refractivity contribution in [3.63, 3.8) is 0 Å². The standard InChI is InChI=1S/C8H15NO2/c1-7(6-10)4-5-8(11)9(2)3/h4-5,7,10H,6H2,1-3H3/b5-4+. The van der Waals surface area contributed by atoms with Gasteiger partial charge < -0.3 is 10.0 Å². The zero-order valence-electron chi connectivity index (χ0n) is 7.24. The predicted octanol–water partition coefficient (Wildman–Crippen LogP) is 0.259. The van der Waals surface area contributed by atoms with E-state index in [1.807, 2.05) is 6.92 Å². The molecule has 1 N–H and O–H groups in total. The van der Waals surface area contributed by atoms with Crippen molar-refractivity contribution in [2.24, 2.45) is 5.92 Å². The second-order valence-electron chi connectivity index (χ2n) is 2.75. The van der Waals surface area contributed by atoms with Gasteiger partial charge in [0.15, 0.2) is 0 Å². The number of nitrogens with zero attached hydrogens (tertiary/aromatic N) is 1. The Morgan fingerprint density at radius 1 is 1.64 bits per heavy atom. The number of hydrogen-bond donors (Lipinski definition) is 1. The van der Waals surface area contributed by atoms with E-state index in [1.165, 1.54) is 11.0 Å². The molecule has 0 saturated heterocycles. The molecule has 0 aromatic rings. The van der Waals surface area contributed by atoms with E-state index in [4.69, 9.17) is 5.11 Å². The minimum Gasteiger partial charge on any atom is -0.396 e. The van der Waals surface area contributed by atoms with Crippen LogP contribution in [-0.2, 0) is 4.79 Å². The average Bonchev–Trinajstić information content (AvgIpc) is 1.99. The quantitative estimate of drug-likeness (QED) is 0.597. The minimum atomic E-state index is -0.0506.